The molecule has 0 spiro atoms. The molecular weight excluding hydrogens is 328 g/mol. The standard InChI is InChI=1S/C16H24N4O3S/c1-11-3-4-13-8-16(24(17,22)23)20(14(13)7-11)15(21)10-19-6-5-18-12(2)9-19/h3-4,7,12,16,18H,5-6,8-10H2,1-2H3,(H2,17,22,23). The van der Waals surface area contributed by atoms with Crippen LogP contribution in [0.25, 0.3) is 0 Å². The fourth-order valence-corrected chi connectivity index (χ4v) is 4.42. The predicted octanol–water partition coefficient (Wildman–Crippen LogP) is -0.208. The van der Waals surface area contributed by atoms with Gasteiger partial charge in [-0.1, -0.05) is 12.1 Å². The number of fused-ring (bicyclic) bond motifs is 1. The molecule has 1 aromatic rings. The van der Waals surface area contributed by atoms with E-state index in [0.29, 0.717) is 11.7 Å². The maximum atomic E-state index is 12.9. The Morgan fingerprint density at radius 2 is 2.17 bits per heavy atom. The first-order valence-corrected chi connectivity index (χ1v) is 9.75. The number of carbonyl (C=O) groups excluding carboxylic acids is 1. The third-order valence-electron chi connectivity index (χ3n) is 4.64. The maximum absolute atomic E-state index is 12.9. The molecule has 0 bridgehead atoms. The number of benzene rings is 1. The number of carbonyl (C=O) groups is 1. The molecule has 2 aliphatic rings. The average molecular weight is 352 g/mol. The second-order valence-electron chi connectivity index (χ2n) is 6.73. The van der Waals surface area contributed by atoms with E-state index < -0.39 is 15.4 Å². The molecule has 3 rings (SSSR count). The number of amides is 1. The van der Waals surface area contributed by atoms with Crippen LogP contribution < -0.4 is 15.4 Å². The molecule has 7 nitrogen and oxygen atoms in total. The molecule has 0 radical (unpaired) electrons. The van der Waals surface area contributed by atoms with E-state index in [1.807, 2.05) is 25.1 Å². The topological polar surface area (TPSA) is 95.7 Å². The lowest BCUT2D eigenvalue weighted by atomic mass is 10.1. The lowest BCUT2D eigenvalue weighted by molar-refractivity contribution is -0.120. The van der Waals surface area contributed by atoms with E-state index in [0.717, 1.165) is 30.8 Å². The number of hydrogen-bond donors (Lipinski definition) is 2. The normalized spacial score (nSPS) is 24.9. The van der Waals surface area contributed by atoms with E-state index in [4.69, 9.17) is 5.14 Å². The minimum absolute atomic E-state index is 0.200. The summed E-state index contributed by atoms with van der Waals surface area (Å²) in [6.45, 7) is 6.54. The van der Waals surface area contributed by atoms with Gasteiger partial charge in [-0.25, -0.2) is 13.6 Å². The van der Waals surface area contributed by atoms with Crippen molar-refractivity contribution in [3.05, 3.63) is 29.3 Å². The summed E-state index contributed by atoms with van der Waals surface area (Å²) in [5.74, 6) is -0.215. The highest BCUT2D eigenvalue weighted by molar-refractivity contribution is 7.89. The SMILES string of the molecule is Cc1ccc2c(c1)N(C(=O)CN1CCNC(C)C1)C(S(N)(=O)=O)C2. The Balaban J connectivity index is 1.87. The van der Waals surface area contributed by atoms with Crippen molar-refractivity contribution >= 4 is 21.6 Å². The Morgan fingerprint density at radius 3 is 2.83 bits per heavy atom. The van der Waals surface area contributed by atoms with Crippen molar-refractivity contribution in [1.82, 2.24) is 10.2 Å². The quantitative estimate of drug-likeness (QED) is 0.785. The summed E-state index contributed by atoms with van der Waals surface area (Å²) in [7, 11) is -3.85. The third-order valence-corrected chi connectivity index (χ3v) is 5.78. The molecule has 2 atom stereocenters. The van der Waals surface area contributed by atoms with Crippen LogP contribution in [0.1, 0.15) is 18.1 Å². The largest absolute Gasteiger partial charge is 0.312 e. The van der Waals surface area contributed by atoms with Crippen LogP contribution >= 0.6 is 0 Å². The number of primary sulfonamides is 1. The van der Waals surface area contributed by atoms with Gasteiger partial charge in [-0.05, 0) is 31.0 Å². The first kappa shape index (κ1) is 17.3. The number of hydrogen-bond acceptors (Lipinski definition) is 5. The van der Waals surface area contributed by atoms with Crippen LogP contribution in [0.3, 0.4) is 0 Å². The monoisotopic (exact) mass is 352 g/mol. The minimum Gasteiger partial charge on any atom is -0.312 e. The highest BCUT2D eigenvalue weighted by Gasteiger charge is 2.40. The second-order valence-corrected chi connectivity index (χ2v) is 8.46. The van der Waals surface area contributed by atoms with Gasteiger partial charge in [-0.2, -0.15) is 0 Å². The van der Waals surface area contributed by atoms with Crippen molar-refractivity contribution in [2.75, 3.05) is 31.1 Å². The summed E-state index contributed by atoms with van der Waals surface area (Å²) in [5.41, 5.74) is 2.50. The first-order valence-electron chi connectivity index (χ1n) is 8.14. The molecule has 2 heterocycles. The van der Waals surface area contributed by atoms with Gasteiger partial charge in [0.15, 0.2) is 5.37 Å². The Bertz CT molecular complexity index is 750. The Morgan fingerprint density at radius 1 is 1.42 bits per heavy atom. The lowest BCUT2D eigenvalue weighted by Gasteiger charge is -2.33. The van der Waals surface area contributed by atoms with Crippen LogP contribution in [0.15, 0.2) is 18.2 Å². The number of anilines is 1. The van der Waals surface area contributed by atoms with E-state index in [-0.39, 0.29) is 18.9 Å². The molecule has 0 aromatic heterocycles. The lowest BCUT2D eigenvalue weighted by Crippen LogP contribution is -2.54. The molecule has 2 aliphatic heterocycles. The summed E-state index contributed by atoms with van der Waals surface area (Å²) < 4.78 is 24.0. The summed E-state index contributed by atoms with van der Waals surface area (Å²) >= 11 is 0. The van der Waals surface area contributed by atoms with Crippen LogP contribution in [-0.2, 0) is 21.2 Å². The minimum atomic E-state index is -3.85. The van der Waals surface area contributed by atoms with E-state index in [2.05, 4.69) is 17.1 Å². The molecule has 8 heteroatoms. The average Bonchev–Trinajstić information content (AvgIpc) is 2.86. The van der Waals surface area contributed by atoms with E-state index in [9.17, 15) is 13.2 Å². The van der Waals surface area contributed by atoms with Gasteiger partial charge in [0.25, 0.3) is 0 Å². The van der Waals surface area contributed by atoms with Crippen LogP contribution in [0, 0.1) is 6.92 Å². The smallest absolute Gasteiger partial charge is 0.242 e. The van der Waals surface area contributed by atoms with E-state index in [1.165, 1.54) is 4.90 Å². The fourth-order valence-electron chi connectivity index (χ4n) is 3.49. The highest BCUT2D eigenvalue weighted by Crippen LogP contribution is 2.34. The molecular formula is C16H24N4O3S. The van der Waals surface area contributed by atoms with Gasteiger partial charge >= 0.3 is 0 Å². The number of nitrogens with two attached hydrogens (primary N) is 1. The van der Waals surface area contributed by atoms with Gasteiger partial charge in [0.2, 0.25) is 15.9 Å². The second kappa shape index (κ2) is 6.44. The molecule has 0 aliphatic carbocycles. The predicted molar refractivity (Wildman–Crippen MR) is 93.2 cm³/mol. The number of piperazine rings is 1. The maximum Gasteiger partial charge on any atom is 0.242 e. The van der Waals surface area contributed by atoms with Crippen molar-refractivity contribution in [3.8, 4) is 0 Å². The summed E-state index contributed by atoms with van der Waals surface area (Å²) in [6.07, 6.45) is 0.248. The summed E-state index contributed by atoms with van der Waals surface area (Å²) in [6, 6.07) is 5.97. The number of nitrogens with one attached hydrogen (secondary N) is 1. The van der Waals surface area contributed by atoms with Crippen molar-refractivity contribution in [1.29, 1.82) is 0 Å². The number of aryl methyl sites for hydroxylation is 1. The zero-order chi connectivity index (χ0) is 17.5. The van der Waals surface area contributed by atoms with Crippen LogP contribution in [0.5, 0.6) is 0 Å². The zero-order valence-electron chi connectivity index (χ0n) is 14.0. The highest BCUT2D eigenvalue weighted by atomic mass is 32.2. The molecule has 1 aromatic carbocycles. The summed E-state index contributed by atoms with van der Waals surface area (Å²) in [5, 5.41) is 7.71. The Labute approximate surface area is 142 Å². The molecule has 0 saturated carbocycles. The van der Waals surface area contributed by atoms with E-state index >= 15 is 0 Å². The first-order chi connectivity index (χ1) is 11.3. The molecule has 132 valence electrons. The fraction of sp³-hybridized carbons (Fsp3) is 0.562. The third kappa shape index (κ3) is 3.46. The molecule has 24 heavy (non-hydrogen) atoms. The molecule has 3 N–H and O–H groups in total. The zero-order valence-corrected chi connectivity index (χ0v) is 14.8. The van der Waals surface area contributed by atoms with Crippen molar-refractivity contribution in [2.45, 2.75) is 31.7 Å². The Kier molecular flexibility index (Phi) is 4.65. The van der Waals surface area contributed by atoms with Gasteiger partial charge < -0.3 is 5.32 Å². The Hall–Kier alpha value is -1.48. The van der Waals surface area contributed by atoms with Crippen LogP contribution in [0.2, 0.25) is 0 Å². The summed E-state index contributed by atoms with van der Waals surface area (Å²) in [4.78, 5) is 16.3. The van der Waals surface area contributed by atoms with Crippen molar-refractivity contribution in [2.24, 2.45) is 5.14 Å². The molecule has 2 unspecified atom stereocenters. The number of rotatable bonds is 3. The molecule has 1 fully saturated rings. The molecule has 1 saturated heterocycles. The number of sulfonamides is 1. The van der Waals surface area contributed by atoms with Crippen LogP contribution in [-0.4, -0.2) is 56.8 Å². The van der Waals surface area contributed by atoms with Crippen molar-refractivity contribution < 1.29 is 13.2 Å². The van der Waals surface area contributed by atoms with Gasteiger partial charge in [-0.3, -0.25) is 14.6 Å². The van der Waals surface area contributed by atoms with Gasteiger partial charge in [-0.15, -0.1) is 0 Å². The van der Waals surface area contributed by atoms with Gasteiger partial charge in [0.1, 0.15) is 0 Å². The molecule has 1 amide bonds. The number of nitrogens with zero attached hydrogens (tertiary/aromatic N) is 2. The van der Waals surface area contributed by atoms with Crippen LogP contribution in [0.4, 0.5) is 5.69 Å². The van der Waals surface area contributed by atoms with E-state index in [1.54, 1.807) is 0 Å². The van der Waals surface area contributed by atoms with Gasteiger partial charge in [0.05, 0.1) is 6.54 Å². The van der Waals surface area contributed by atoms with Crippen molar-refractivity contribution in [3.63, 3.8) is 0 Å². The van der Waals surface area contributed by atoms with Gasteiger partial charge in [0, 0.05) is 37.8 Å².